The largest absolute Gasteiger partial charge is 0.463 e. The fourth-order valence-corrected chi connectivity index (χ4v) is 4.59. The quantitative estimate of drug-likeness (QED) is 0.456. The van der Waals surface area contributed by atoms with Gasteiger partial charge in [0.15, 0.2) is 0 Å². The Kier molecular flexibility index (Phi) is 5.41. The predicted molar refractivity (Wildman–Crippen MR) is 117 cm³/mol. The van der Waals surface area contributed by atoms with Crippen LogP contribution >= 0.6 is 0 Å². The number of hydrogen-bond acceptors (Lipinski definition) is 4. The summed E-state index contributed by atoms with van der Waals surface area (Å²) in [5, 5.41) is 10.9. The first kappa shape index (κ1) is 19.9. The molecule has 0 unspecified atom stereocenters. The van der Waals surface area contributed by atoms with E-state index in [0.717, 1.165) is 41.6 Å². The third-order valence-corrected chi connectivity index (χ3v) is 5.74. The van der Waals surface area contributed by atoms with Gasteiger partial charge in [-0.15, -0.1) is 0 Å². The van der Waals surface area contributed by atoms with Crippen LogP contribution in [0.3, 0.4) is 0 Å². The first-order valence-corrected chi connectivity index (χ1v) is 10.4. The number of aryl methyl sites for hydroxylation is 3. The Bertz CT molecular complexity index is 1200. The average Bonchev–Trinajstić information content (AvgIpc) is 3.05. The van der Waals surface area contributed by atoms with Crippen LogP contribution in [-0.2, 0) is 16.0 Å². The molecular weight excluding hydrogens is 374 g/mol. The highest BCUT2D eigenvalue weighted by Crippen LogP contribution is 2.39. The van der Waals surface area contributed by atoms with E-state index in [-0.39, 0.29) is 6.04 Å². The number of ether oxygens (including phenoxy) is 1. The standard InChI is InChI=1S/C25H25N3O2/c1-4-30-23(29)13-12-22-20(15-26)24-16(2)14-17(3)27-25(24)28(22)21-11-7-9-18-8-5-6-10-19(18)21/h5-6,8,10,12-14,21H,4,7,9,11H2,1-3H3/b13-12+/t21-/m1/s1. The van der Waals surface area contributed by atoms with E-state index in [1.54, 1.807) is 13.0 Å². The second-order valence-electron chi connectivity index (χ2n) is 7.71. The lowest BCUT2D eigenvalue weighted by Gasteiger charge is -2.28. The number of fused-ring (bicyclic) bond motifs is 2. The fourth-order valence-electron chi connectivity index (χ4n) is 4.59. The third kappa shape index (κ3) is 3.39. The lowest BCUT2D eigenvalue weighted by atomic mass is 9.87. The lowest BCUT2D eigenvalue weighted by molar-refractivity contribution is -0.137. The zero-order chi connectivity index (χ0) is 21.3. The average molecular weight is 399 g/mol. The molecule has 3 aromatic rings. The molecule has 4 rings (SSSR count). The number of nitrogens with zero attached hydrogens (tertiary/aromatic N) is 3. The summed E-state index contributed by atoms with van der Waals surface area (Å²) < 4.78 is 7.22. The molecule has 0 spiro atoms. The molecule has 0 bridgehead atoms. The summed E-state index contributed by atoms with van der Waals surface area (Å²) in [5.41, 5.74) is 6.59. The number of carbonyl (C=O) groups is 1. The number of aromatic nitrogens is 2. The second-order valence-corrected chi connectivity index (χ2v) is 7.71. The molecule has 1 aliphatic carbocycles. The van der Waals surface area contributed by atoms with Crippen LogP contribution in [0.15, 0.2) is 36.4 Å². The van der Waals surface area contributed by atoms with E-state index < -0.39 is 5.97 Å². The highest BCUT2D eigenvalue weighted by atomic mass is 16.5. The number of hydrogen-bond donors (Lipinski definition) is 0. The molecule has 5 nitrogen and oxygen atoms in total. The molecule has 30 heavy (non-hydrogen) atoms. The van der Waals surface area contributed by atoms with Crippen molar-refractivity contribution in [2.24, 2.45) is 0 Å². The SMILES string of the molecule is CCOC(=O)/C=C/c1c(C#N)c2c(C)cc(C)nc2n1[C@@H]1CCCc2ccccc21. The normalized spacial score (nSPS) is 15.9. The summed E-state index contributed by atoms with van der Waals surface area (Å²) in [6.45, 7) is 6.07. The molecular formula is C25H25N3O2. The van der Waals surface area contributed by atoms with Crippen molar-refractivity contribution in [2.45, 2.75) is 46.1 Å². The predicted octanol–water partition coefficient (Wildman–Crippen LogP) is 5.03. The number of benzene rings is 1. The maximum absolute atomic E-state index is 12.0. The summed E-state index contributed by atoms with van der Waals surface area (Å²) in [4.78, 5) is 16.9. The van der Waals surface area contributed by atoms with E-state index in [0.29, 0.717) is 17.9 Å². The van der Waals surface area contributed by atoms with Gasteiger partial charge < -0.3 is 9.30 Å². The maximum Gasteiger partial charge on any atom is 0.330 e. The summed E-state index contributed by atoms with van der Waals surface area (Å²) >= 11 is 0. The Morgan fingerprint density at radius 3 is 2.93 bits per heavy atom. The molecule has 1 atom stereocenters. The zero-order valence-corrected chi connectivity index (χ0v) is 17.6. The lowest BCUT2D eigenvalue weighted by Crippen LogP contribution is -2.19. The number of rotatable bonds is 4. The van der Waals surface area contributed by atoms with Crippen molar-refractivity contribution >= 4 is 23.1 Å². The van der Waals surface area contributed by atoms with E-state index in [2.05, 4.69) is 34.9 Å². The topological polar surface area (TPSA) is 67.9 Å². The van der Waals surface area contributed by atoms with Gasteiger partial charge in [-0.25, -0.2) is 9.78 Å². The van der Waals surface area contributed by atoms with Crippen LogP contribution in [0.5, 0.6) is 0 Å². The van der Waals surface area contributed by atoms with Crippen molar-refractivity contribution in [3.8, 4) is 6.07 Å². The molecule has 152 valence electrons. The first-order chi connectivity index (χ1) is 14.5. The molecule has 0 amide bonds. The molecule has 0 N–H and O–H groups in total. The minimum Gasteiger partial charge on any atom is -0.463 e. The third-order valence-electron chi connectivity index (χ3n) is 5.74. The van der Waals surface area contributed by atoms with Gasteiger partial charge in [-0.05, 0) is 68.9 Å². The Morgan fingerprint density at radius 2 is 2.17 bits per heavy atom. The Morgan fingerprint density at radius 1 is 1.37 bits per heavy atom. The number of pyridine rings is 1. The van der Waals surface area contributed by atoms with Crippen LogP contribution in [0.25, 0.3) is 17.1 Å². The molecule has 0 aliphatic heterocycles. The molecule has 0 fully saturated rings. The van der Waals surface area contributed by atoms with Crippen molar-refractivity contribution in [1.29, 1.82) is 5.26 Å². The van der Waals surface area contributed by atoms with Gasteiger partial charge in [0.25, 0.3) is 0 Å². The Labute approximate surface area is 176 Å². The van der Waals surface area contributed by atoms with Gasteiger partial charge in [-0.1, -0.05) is 24.3 Å². The van der Waals surface area contributed by atoms with E-state index in [9.17, 15) is 10.1 Å². The summed E-state index contributed by atoms with van der Waals surface area (Å²) in [7, 11) is 0. The van der Waals surface area contributed by atoms with Gasteiger partial charge in [0.05, 0.1) is 23.9 Å². The van der Waals surface area contributed by atoms with Crippen molar-refractivity contribution in [1.82, 2.24) is 9.55 Å². The van der Waals surface area contributed by atoms with Crippen molar-refractivity contribution in [3.05, 3.63) is 70.0 Å². The summed E-state index contributed by atoms with van der Waals surface area (Å²) in [5.74, 6) is -0.414. The monoisotopic (exact) mass is 399 g/mol. The molecule has 1 aliphatic rings. The van der Waals surface area contributed by atoms with Gasteiger partial charge in [0, 0.05) is 17.2 Å². The van der Waals surface area contributed by atoms with Crippen LogP contribution < -0.4 is 0 Å². The smallest absolute Gasteiger partial charge is 0.330 e. The molecule has 1 aromatic carbocycles. The van der Waals surface area contributed by atoms with Gasteiger partial charge in [0.1, 0.15) is 11.7 Å². The van der Waals surface area contributed by atoms with Crippen LogP contribution in [0, 0.1) is 25.2 Å². The summed E-state index contributed by atoms with van der Waals surface area (Å²) in [6.07, 6.45) is 6.20. The highest BCUT2D eigenvalue weighted by Gasteiger charge is 2.28. The Hall–Kier alpha value is -3.39. The minimum absolute atomic E-state index is 0.0649. The van der Waals surface area contributed by atoms with Gasteiger partial charge in [-0.3, -0.25) is 0 Å². The zero-order valence-electron chi connectivity index (χ0n) is 17.6. The number of nitriles is 1. The van der Waals surface area contributed by atoms with E-state index in [1.165, 1.54) is 17.2 Å². The van der Waals surface area contributed by atoms with Crippen molar-refractivity contribution in [3.63, 3.8) is 0 Å². The molecule has 2 heterocycles. The first-order valence-electron chi connectivity index (χ1n) is 10.4. The second kappa shape index (κ2) is 8.16. The van der Waals surface area contributed by atoms with Gasteiger partial charge >= 0.3 is 5.97 Å². The highest BCUT2D eigenvalue weighted by molar-refractivity contribution is 5.94. The summed E-state index contributed by atoms with van der Waals surface area (Å²) in [6, 6.07) is 12.9. The number of esters is 1. The molecule has 5 heteroatoms. The van der Waals surface area contributed by atoms with Crippen LogP contribution in [0.4, 0.5) is 0 Å². The van der Waals surface area contributed by atoms with Gasteiger partial charge in [0.2, 0.25) is 0 Å². The fraction of sp³-hybridized carbons (Fsp3) is 0.320. The van der Waals surface area contributed by atoms with Crippen molar-refractivity contribution < 1.29 is 9.53 Å². The van der Waals surface area contributed by atoms with Crippen LogP contribution in [0.2, 0.25) is 0 Å². The van der Waals surface area contributed by atoms with E-state index in [4.69, 9.17) is 9.72 Å². The van der Waals surface area contributed by atoms with E-state index in [1.807, 2.05) is 19.9 Å². The maximum atomic E-state index is 12.0. The van der Waals surface area contributed by atoms with Crippen molar-refractivity contribution in [2.75, 3.05) is 6.61 Å². The molecule has 2 aromatic heterocycles. The Balaban J connectivity index is 2.02. The molecule has 0 saturated heterocycles. The van der Waals surface area contributed by atoms with Gasteiger partial charge in [-0.2, -0.15) is 5.26 Å². The molecule has 0 radical (unpaired) electrons. The molecule has 0 saturated carbocycles. The van der Waals surface area contributed by atoms with Crippen LogP contribution in [0.1, 0.15) is 59.4 Å². The minimum atomic E-state index is -0.414. The van der Waals surface area contributed by atoms with E-state index >= 15 is 0 Å². The van der Waals surface area contributed by atoms with Crippen LogP contribution in [-0.4, -0.2) is 22.1 Å². The number of carbonyl (C=O) groups excluding carboxylic acids is 1.